The maximum absolute atomic E-state index is 11.0. The molecule has 0 unspecified atom stereocenters. The van der Waals surface area contributed by atoms with Crippen LogP contribution < -0.4 is 0 Å². The number of esters is 1. The highest BCUT2D eigenvalue weighted by molar-refractivity contribution is 5.70. The fourth-order valence-electron chi connectivity index (χ4n) is 1.66. The minimum Gasteiger partial charge on any atom is -0.481 e. The zero-order valence-electron chi connectivity index (χ0n) is 10.0. The van der Waals surface area contributed by atoms with Crippen LogP contribution in [0.25, 0.3) is 0 Å². The third kappa shape index (κ3) is 4.26. The molecule has 0 aliphatic carbocycles. The molecule has 0 saturated carbocycles. The normalized spacial score (nSPS) is 10.0. The first-order chi connectivity index (χ1) is 8.02. The maximum Gasteiger partial charge on any atom is 0.307 e. The molecule has 0 saturated heterocycles. The smallest absolute Gasteiger partial charge is 0.307 e. The number of carbonyl (C=O) groups excluding carboxylic acids is 1. The maximum atomic E-state index is 11.0. The Morgan fingerprint density at radius 3 is 2.59 bits per heavy atom. The minimum atomic E-state index is -0.841. The molecule has 1 aromatic carbocycles. The van der Waals surface area contributed by atoms with Gasteiger partial charge in [0.05, 0.1) is 13.5 Å². The molecule has 1 N–H and O–H groups in total. The van der Waals surface area contributed by atoms with Gasteiger partial charge in [-0.05, 0) is 30.0 Å². The summed E-state index contributed by atoms with van der Waals surface area (Å²) in [6, 6.07) is 5.50. The Morgan fingerprint density at radius 2 is 2.06 bits per heavy atom. The zero-order valence-corrected chi connectivity index (χ0v) is 10.0. The molecule has 0 amide bonds. The van der Waals surface area contributed by atoms with Gasteiger partial charge in [-0.25, -0.2) is 0 Å². The number of hydrogen-bond donors (Lipinski definition) is 1. The van der Waals surface area contributed by atoms with Crippen LogP contribution in [0.5, 0.6) is 0 Å². The quantitative estimate of drug-likeness (QED) is 0.791. The van der Waals surface area contributed by atoms with E-state index in [-0.39, 0.29) is 12.4 Å². The number of hydrogen-bond acceptors (Lipinski definition) is 3. The molecule has 1 aromatic rings. The minimum absolute atomic E-state index is 0.0259. The van der Waals surface area contributed by atoms with Gasteiger partial charge in [-0.1, -0.05) is 18.2 Å². The van der Waals surface area contributed by atoms with Crippen LogP contribution in [0.4, 0.5) is 0 Å². The lowest BCUT2D eigenvalue weighted by Crippen LogP contribution is -2.04. The first-order valence-electron chi connectivity index (χ1n) is 5.40. The van der Waals surface area contributed by atoms with Crippen molar-refractivity contribution in [2.45, 2.75) is 26.2 Å². The van der Waals surface area contributed by atoms with Crippen LogP contribution in [0, 0.1) is 6.92 Å². The molecule has 0 bridgehead atoms. The molecule has 4 heteroatoms. The van der Waals surface area contributed by atoms with Gasteiger partial charge in [0.2, 0.25) is 0 Å². The van der Waals surface area contributed by atoms with E-state index in [1.807, 2.05) is 19.1 Å². The second-order valence-corrected chi connectivity index (χ2v) is 3.91. The highest BCUT2D eigenvalue weighted by Gasteiger charge is 2.06. The van der Waals surface area contributed by atoms with Crippen molar-refractivity contribution in [2.24, 2.45) is 0 Å². The Labute approximate surface area is 100 Å². The topological polar surface area (TPSA) is 63.6 Å². The summed E-state index contributed by atoms with van der Waals surface area (Å²) >= 11 is 0. The van der Waals surface area contributed by atoms with Gasteiger partial charge < -0.3 is 9.84 Å². The number of ether oxygens (including phenoxy) is 1. The number of benzene rings is 1. The molecule has 0 spiro atoms. The predicted molar refractivity (Wildman–Crippen MR) is 62.9 cm³/mol. The number of methoxy groups -OCH3 is 1. The van der Waals surface area contributed by atoms with Crippen LogP contribution in [0.1, 0.15) is 23.1 Å². The van der Waals surface area contributed by atoms with E-state index in [1.165, 1.54) is 7.11 Å². The molecule has 1 rings (SSSR count). The summed E-state index contributed by atoms with van der Waals surface area (Å²) in [5, 5.41) is 8.67. The van der Waals surface area contributed by atoms with Gasteiger partial charge in [0.25, 0.3) is 0 Å². The lowest BCUT2D eigenvalue weighted by molar-refractivity contribution is -0.140. The summed E-state index contributed by atoms with van der Waals surface area (Å²) in [6.45, 7) is 1.91. The molecule has 92 valence electrons. The molecule has 17 heavy (non-hydrogen) atoms. The second kappa shape index (κ2) is 6.03. The first kappa shape index (κ1) is 13.2. The molecule has 0 atom stereocenters. The highest BCUT2D eigenvalue weighted by atomic mass is 16.5. The Bertz CT molecular complexity index is 423. The van der Waals surface area contributed by atoms with Gasteiger partial charge in [0.1, 0.15) is 0 Å². The van der Waals surface area contributed by atoms with E-state index in [1.54, 1.807) is 6.07 Å². The van der Waals surface area contributed by atoms with Crippen molar-refractivity contribution in [2.75, 3.05) is 7.11 Å². The van der Waals surface area contributed by atoms with Crippen molar-refractivity contribution in [1.82, 2.24) is 0 Å². The van der Waals surface area contributed by atoms with Crippen molar-refractivity contribution in [1.29, 1.82) is 0 Å². The van der Waals surface area contributed by atoms with E-state index >= 15 is 0 Å². The summed E-state index contributed by atoms with van der Waals surface area (Å²) in [5.74, 6) is -1.08. The van der Waals surface area contributed by atoms with Crippen molar-refractivity contribution < 1.29 is 19.4 Å². The van der Waals surface area contributed by atoms with E-state index < -0.39 is 5.97 Å². The standard InChI is InChI=1S/C13H16O4/c1-9-7-10(8-12(14)15)3-4-11(9)5-6-13(16)17-2/h3-4,7H,5-6,8H2,1-2H3,(H,14,15). The third-order valence-electron chi connectivity index (χ3n) is 2.59. The van der Waals surface area contributed by atoms with E-state index in [0.717, 1.165) is 16.7 Å². The average molecular weight is 236 g/mol. The SMILES string of the molecule is COC(=O)CCc1ccc(CC(=O)O)cc1C. The Balaban J connectivity index is 2.69. The van der Waals surface area contributed by atoms with Gasteiger partial charge in [0.15, 0.2) is 0 Å². The largest absolute Gasteiger partial charge is 0.481 e. The Kier molecular flexibility index (Phi) is 4.69. The summed E-state index contributed by atoms with van der Waals surface area (Å²) in [5.41, 5.74) is 2.83. The van der Waals surface area contributed by atoms with Gasteiger partial charge >= 0.3 is 11.9 Å². The molecule has 4 nitrogen and oxygen atoms in total. The van der Waals surface area contributed by atoms with Gasteiger partial charge in [0, 0.05) is 6.42 Å². The molecule has 0 aliphatic rings. The predicted octanol–water partition coefficient (Wildman–Crippen LogP) is 1.73. The van der Waals surface area contributed by atoms with E-state index in [9.17, 15) is 9.59 Å². The summed E-state index contributed by atoms with van der Waals surface area (Å²) < 4.78 is 4.57. The second-order valence-electron chi connectivity index (χ2n) is 3.91. The molecule has 0 radical (unpaired) electrons. The molecular weight excluding hydrogens is 220 g/mol. The van der Waals surface area contributed by atoms with Crippen LogP contribution in [0.3, 0.4) is 0 Å². The number of carbonyl (C=O) groups is 2. The fraction of sp³-hybridized carbons (Fsp3) is 0.385. The van der Waals surface area contributed by atoms with Crippen molar-refractivity contribution in [3.63, 3.8) is 0 Å². The molecular formula is C13H16O4. The third-order valence-corrected chi connectivity index (χ3v) is 2.59. The van der Waals surface area contributed by atoms with Crippen molar-refractivity contribution >= 4 is 11.9 Å². The summed E-state index contributed by atoms with van der Waals surface area (Å²) in [6.07, 6.45) is 0.986. The van der Waals surface area contributed by atoms with Crippen LogP contribution in [-0.2, 0) is 27.2 Å². The molecule has 0 aromatic heterocycles. The van der Waals surface area contributed by atoms with Crippen LogP contribution in [0.15, 0.2) is 18.2 Å². The van der Waals surface area contributed by atoms with Gasteiger partial charge in [-0.3, -0.25) is 9.59 Å². The summed E-state index contributed by atoms with van der Waals surface area (Å²) in [7, 11) is 1.37. The fourth-order valence-corrected chi connectivity index (χ4v) is 1.66. The van der Waals surface area contributed by atoms with E-state index in [0.29, 0.717) is 12.8 Å². The van der Waals surface area contributed by atoms with Crippen LogP contribution >= 0.6 is 0 Å². The Morgan fingerprint density at radius 1 is 1.35 bits per heavy atom. The number of rotatable bonds is 5. The lowest BCUT2D eigenvalue weighted by Gasteiger charge is -2.07. The highest BCUT2D eigenvalue weighted by Crippen LogP contribution is 2.14. The molecule has 0 heterocycles. The number of carboxylic acid groups (broad SMARTS) is 1. The first-order valence-corrected chi connectivity index (χ1v) is 5.40. The molecule has 0 fully saturated rings. The van der Waals surface area contributed by atoms with Crippen LogP contribution in [-0.4, -0.2) is 24.2 Å². The van der Waals surface area contributed by atoms with E-state index in [4.69, 9.17) is 5.11 Å². The Hall–Kier alpha value is -1.84. The number of carboxylic acids is 1. The van der Waals surface area contributed by atoms with Crippen LogP contribution in [0.2, 0.25) is 0 Å². The van der Waals surface area contributed by atoms with Gasteiger partial charge in [-0.15, -0.1) is 0 Å². The summed E-state index contributed by atoms with van der Waals surface area (Å²) in [4.78, 5) is 21.6. The zero-order chi connectivity index (χ0) is 12.8. The molecule has 0 aliphatic heterocycles. The van der Waals surface area contributed by atoms with Gasteiger partial charge in [-0.2, -0.15) is 0 Å². The lowest BCUT2D eigenvalue weighted by atomic mass is 10.00. The monoisotopic (exact) mass is 236 g/mol. The number of aryl methyl sites for hydroxylation is 2. The average Bonchev–Trinajstić information content (AvgIpc) is 2.26. The number of aliphatic carboxylic acids is 1. The van der Waals surface area contributed by atoms with E-state index in [2.05, 4.69) is 4.74 Å². The van der Waals surface area contributed by atoms with Crippen molar-refractivity contribution in [3.05, 3.63) is 34.9 Å². The van der Waals surface area contributed by atoms with Crippen molar-refractivity contribution in [3.8, 4) is 0 Å².